The fourth-order valence-electron chi connectivity index (χ4n) is 1.55. The van der Waals surface area contributed by atoms with Crippen molar-refractivity contribution < 1.29 is 0 Å². The molecule has 2 aromatic heterocycles. The zero-order chi connectivity index (χ0) is 10.8. The number of nitrogens with two attached hydrogens (primary N) is 1. The largest absolute Gasteiger partial charge is 0.337 e. The van der Waals surface area contributed by atoms with E-state index >= 15 is 0 Å². The first-order valence-electron chi connectivity index (χ1n) is 4.80. The van der Waals surface area contributed by atoms with Crippen LogP contribution in [0.5, 0.6) is 0 Å². The Kier molecular flexibility index (Phi) is 2.83. The van der Waals surface area contributed by atoms with Crippen LogP contribution in [-0.2, 0) is 13.5 Å². The lowest BCUT2D eigenvalue weighted by Gasteiger charge is -2.09. The molecule has 0 saturated carbocycles. The van der Waals surface area contributed by atoms with Crippen molar-refractivity contribution in [2.75, 3.05) is 0 Å². The Hall–Kier alpha value is -1.20. The van der Waals surface area contributed by atoms with Crippen molar-refractivity contribution in [1.29, 1.82) is 0 Å². The normalized spacial score (nSPS) is 13.0. The van der Waals surface area contributed by atoms with Gasteiger partial charge < -0.3 is 10.3 Å². The molecule has 0 radical (unpaired) electrons. The summed E-state index contributed by atoms with van der Waals surface area (Å²) in [4.78, 5) is 8.62. The van der Waals surface area contributed by atoms with Crippen molar-refractivity contribution in [3.8, 4) is 0 Å². The molecule has 0 saturated heterocycles. The van der Waals surface area contributed by atoms with Crippen LogP contribution in [0.15, 0.2) is 17.8 Å². The van der Waals surface area contributed by atoms with Crippen LogP contribution in [0.25, 0.3) is 0 Å². The molecule has 2 aromatic rings. The van der Waals surface area contributed by atoms with Gasteiger partial charge in [-0.3, -0.25) is 0 Å². The number of thiazole rings is 1. The van der Waals surface area contributed by atoms with Gasteiger partial charge in [0.25, 0.3) is 0 Å². The average molecular weight is 222 g/mol. The summed E-state index contributed by atoms with van der Waals surface area (Å²) in [5.74, 6) is 0.903. The number of rotatable bonds is 3. The van der Waals surface area contributed by atoms with Gasteiger partial charge in [0, 0.05) is 31.2 Å². The van der Waals surface area contributed by atoms with Crippen LogP contribution in [0.1, 0.15) is 22.6 Å². The van der Waals surface area contributed by atoms with Crippen LogP contribution < -0.4 is 5.73 Å². The van der Waals surface area contributed by atoms with Gasteiger partial charge in [-0.1, -0.05) is 0 Å². The van der Waals surface area contributed by atoms with Crippen molar-refractivity contribution in [2.45, 2.75) is 19.4 Å². The molecule has 0 spiro atoms. The summed E-state index contributed by atoms with van der Waals surface area (Å²) in [5.41, 5.74) is 7.11. The Bertz CT molecular complexity index is 446. The quantitative estimate of drug-likeness (QED) is 0.854. The van der Waals surface area contributed by atoms with E-state index in [9.17, 15) is 0 Å². The van der Waals surface area contributed by atoms with Crippen LogP contribution in [-0.4, -0.2) is 14.5 Å². The minimum atomic E-state index is -0.0773. The predicted molar refractivity (Wildman–Crippen MR) is 60.7 cm³/mol. The molecule has 1 atom stereocenters. The van der Waals surface area contributed by atoms with Gasteiger partial charge in [-0.15, -0.1) is 11.3 Å². The fraction of sp³-hybridized carbons (Fsp3) is 0.400. The highest BCUT2D eigenvalue weighted by Crippen LogP contribution is 2.15. The van der Waals surface area contributed by atoms with E-state index in [1.807, 2.05) is 24.7 Å². The van der Waals surface area contributed by atoms with Crippen LogP contribution in [0.3, 0.4) is 0 Å². The third kappa shape index (κ3) is 2.24. The second-order valence-electron chi connectivity index (χ2n) is 3.56. The summed E-state index contributed by atoms with van der Waals surface area (Å²) >= 11 is 1.65. The second kappa shape index (κ2) is 4.12. The molecule has 0 fully saturated rings. The second-order valence-corrected chi connectivity index (χ2v) is 4.63. The SMILES string of the molecule is Cc1nc(CC(N)c2nccn2C)cs1. The van der Waals surface area contributed by atoms with Gasteiger partial charge in [0.2, 0.25) is 0 Å². The first kappa shape index (κ1) is 10.3. The monoisotopic (exact) mass is 222 g/mol. The minimum Gasteiger partial charge on any atom is -0.337 e. The maximum absolute atomic E-state index is 6.06. The third-order valence-corrected chi connectivity index (χ3v) is 3.11. The smallest absolute Gasteiger partial charge is 0.125 e. The van der Waals surface area contributed by atoms with Crippen molar-refractivity contribution in [3.63, 3.8) is 0 Å². The fourth-order valence-corrected chi connectivity index (χ4v) is 2.18. The Morgan fingerprint density at radius 1 is 1.60 bits per heavy atom. The average Bonchev–Trinajstić information content (AvgIpc) is 2.75. The summed E-state index contributed by atoms with van der Waals surface area (Å²) in [6.45, 7) is 2.00. The third-order valence-electron chi connectivity index (χ3n) is 2.29. The molecule has 4 nitrogen and oxygen atoms in total. The molecule has 0 aliphatic rings. The van der Waals surface area contributed by atoms with Crippen molar-refractivity contribution in [3.05, 3.63) is 34.3 Å². The summed E-state index contributed by atoms with van der Waals surface area (Å²) in [5, 5.41) is 3.13. The summed E-state index contributed by atoms with van der Waals surface area (Å²) in [6, 6.07) is -0.0773. The summed E-state index contributed by atoms with van der Waals surface area (Å²) in [7, 11) is 1.95. The molecule has 15 heavy (non-hydrogen) atoms. The predicted octanol–water partition coefficient (Wildman–Crippen LogP) is 1.43. The maximum atomic E-state index is 6.06. The number of imidazole rings is 1. The lowest BCUT2D eigenvalue weighted by molar-refractivity contribution is 0.625. The van der Waals surface area contributed by atoms with Crippen LogP contribution in [0.2, 0.25) is 0 Å². The van der Waals surface area contributed by atoms with Gasteiger partial charge >= 0.3 is 0 Å². The molecule has 2 heterocycles. The molecule has 0 amide bonds. The number of hydrogen-bond donors (Lipinski definition) is 1. The molecular formula is C10H14N4S. The van der Waals surface area contributed by atoms with E-state index in [-0.39, 0.29) is 6.04 Å². The highest BCUT2D eigenvalue weighted by Gasteiger charge is 2.12. The molecule has 2 N–H and O–H groups in total. The molecule has 2 rings (SSSR count). The van der Waals surface area contributed by atoms with Crippen molar-refractivity contribution in [1.82, 2.24) is 14.5 Å². The lowest BCUT2D eigenvalue weighted by atomic mass is 10.2. The number of nitrogens with zero attached hydrogens (tertiary/aromatic N) is 3. The van der Waals surface area contributed by atoms with Crippen LogP contribution in [0.4, 0.5) is 0 Å². The van der Waals surface area contributed by atoms with Crippen molar-refractivity contribution in [2.24, 2.45) is 12.8 Å². The van der Waals surface area contributed by atoms with E-state index in [0.29, 0.717) is 0 Å². The number of aromatic nitrogens is 3. The van der Waals surface area contributed by atoms with Gasteiger partial charge in [-0.2, -0.15) is 0 Å². The Morgan fingerprint density at radius 3 is 2.93 bits per heavy atom. The highest BCUT2D eigenvalue weighted by molar-refractivity contribution is 7.09. The van der Waals surface area contributed by atoms with Gasteiger partial charge in [-0.25, -0.2) is 9.97 Å². The highest BCUT2D eigenvalue weighted by atomic mass is 32.1. The topological polar surface area (TPSA) is 56.7 Å². The van der Waals surface area contributed by atoms with Gasteiger partial charge in [-0.05, 0) is 6.92 Å². The Labute approximate surface area is 92.8 Å². The number of hydrogen-bond acceptors (Lipinski definition) is 4. The molecule has 0 aromatic carbocycles. The Morgan fingerprint density at radius 2 is 2.40 bits per heavy atom. The first-order chi connectivity index (χ1) is 7.16. The van der Waals surface area contributed by atoms with Gasteiger partial charge in [0.15, 0.2) is 0 Å². The standard InChI is InChI=1S/C10H14N4S/c1-7-13-8(6-15-7)5-9(11)10-12-3-4-14(10)2/h3-4,6,9H,5,11H2,1-2H3. The molecule has 0 bridgehead atoms. The van der Waals surface area contributed by atoms with E-state index < -0.39 is 0 Å². The lowest BCUT2D eigenvalue weighted by Crippen LogP contribution is -2.17. The molecule has 0 aliphatic heterocycles. The number of aryl methyl sites for hydroxylation is 2. The van der Waals surface area contributed by atoms with E-state index in [4.69, 9.17) is 5.73 Å². The van der Waals surface area contributed by atoms with Gasteiger partial charge in [0.05, 0.1) is 16.7 Å². The molecule has 1 unspecified atom stereocenters. The van der Waals surface area contributed by atoms with E-state index in [0.717, 1.165) is 22.9 Å². The maximum Gasteiger partial charge on any atom is 0.125 e. The molecule has 0 aliphatic carbocycles. The van der Waals surface area contributed by atoms with E-state index in [2.05, 4.69) is 15.3 Å². The van der Waals surface area contributed by atoms with E-state index in [1.54, 1.807) is 17.5 Å². The van der Waals surface area contributed by atoms with Crippen LogP contribution >= 0.6 is 11.3 Å². The minimum absolute atomic E-state index is 0.0773. The van der Waals surface area contributed by atoms with Gasteiger partial charge in [0.1, 0.15) is 5.82 Å². The summed E-state index contributed by atoms with van der Waals surface area (Å²) < 4.78 is 1.95. The van der Waals surface area contributed by atoms with E-state index in [1.165, 1.54) is 0 Å². The van der Waals surface area contributed by atoms with Crippen molar-refractivity contribution >= 4 is 11.3 Å². The zero-order valence-corrected chi connectivity index (χ0v) is 9.66. The first-order valence-corrected chi connectivity index (χ1v) is 5.68. The molecule has 80 valence electrons. The zero-order valence-electron chi connectivity index (χ0n) is 8.84. The molecule has 5 heteroatoms. The molecular weight excluding hydrogens is 208 g/mol. The Balaban J connectivity index is 2.10. The summed E-state index contributed by atoms with van der Waals surface area (Å²) in [6.07, 6.45) is 4.41. The van der Waals surface area contributed by atoms with Crippen LogP contribution in [0, 0.1) is 6.92 Å².